The summed E-state index contributed by atoms with van der Waals surface area (Å²) in [4.78, 5) is 49.2. The van der Waals surface area contributed by atoms with E-state index in [2.05, 4.69) is 38.2 Å². The molecule has 0 aliphatic rings. The second-order valence-corrected chi connectivity index (χ2v) is 11.4. The van der Waals surface area contributed by atoms with Crippen LogP contribution in [0.5, 0.6) is 23.0 Å². The van der Waals surface area contributed by atoms with Crippen molar-refractivity contribution in [2.24, 2.45) is 0 Å². The Labute approximate surface area is 301 Å². The maximum atomic E-state index is 13.7. The molecule has 4 aromatic carbocycles. The smallest absolute Gasteiger partial charge is 0.338 e. The quantitative estimate of drug-likeness (QED) is 0.0593. The fourth-order valence-corrected chi connectivity index (χ4v) is 4.72. The van der Waals surface area contributed by atoms with Crippen LogP contribution in [-0.4, -0.2) is 30.6 Å². The molecule has 0 N–H and O–H groups in total. The molecule has 0 aliphatic carbocycles. The molecule has 0 aromatic heterocycles. The van der Waals surface area contributed by atoms with Crippen LogP contribution in [0.15, 0.2) is 128 Å². The van der Waals surface area contributed by atoms with E-state index in [1.807, 2.05) is 36.4 Å². The standard InChI is InChI=1S/C43H35FO8/c1-7-38(45)49-34-21-17-31(18-22-34)30-14-11-29(12-15-30)13-16-33-26-37(51-42(47)27(3)4)40(32-19-23-35(24-20-32)50-39(46)8-2)41(36(33)10-9-25-44)52-43(48)28(5)6/h7-8,11-12,14-15,17-24,26H,1-3,5,9-10,25H2,4,6H3. The molecule has 52 heavy (non-hydrogen) atoms. The summed E-state index contributed by atoms with van der Waals surface area (Å²) in [5.74, 6) is 4.11. The highest BCUT2D eigenvalue weighted by atomic mass is 19.1. The summed E-state index contributed by atoms with van der Waals surface area (Å²) in [7, 11) is 0. The Hall–Kier alpha value is -6.79. The van der Waals surface area contributed by atoms with Crippen LogP contribution in [0.1, 0.15) is 37.0 Å². The summed E-state index contributed by atoms with van der Waals surface area (Å²) < 4.78 is 35.7. The summed E-state index contributed by atoms with van der Waals surface area (Å²) in [6.07, 6.45) is 2.30. The summed E-state index contributed by atoms with van der Waals surface area (Å²) in [5, 5.41) is 0. The van der Waals surface area contributed by atoms with Crippen molar-refractivity contribution in [3.8, 4) is 57.1 Å². The van der Waals surface area contributed by atoms with Gasteiger partial charge >= 0.3 is 23.9 Å². The highest BCUT2D eigenvalue weighted by molar-refractivity contribution is 5.94. The van der Waals surface area contributed by atoms with E-state index in [-0.39, 0.29) is 46.8 Å². The van der Waals surface area contributed by atoms with Gasteiger partial charge in [0.15, 0.2) is 0 Å². The molecule has 0 atom stereocenters. The number of rotatable bonds is 13. The van der Waals surface area contributed by atoms with E-state index in [4.69, 9.17) is 18.9 Å². The van der Waals surface area contributed by atoms with Gasteiger partial charge in [0.2, 0.25) is 0 Å². The Bertz CT molecular complexity index is 2110. The van der Waals surface area contributed by atoms with Gasteiger partial charge < -0.3 is 18.9 Å². The first kappa shape index (κ1) is 38.0. The maximum Gasteiger partial charge on any atom is 0.338 e. The predicted octanol–water partition coefficient (Wildman–Crippen LogP) is 8.47. The molecule has 8 nitrogen and oxygen atoms in total. The van der Waals surface area contributed by atoms with Crippen molar-refractivity contribution < 1.29 is 42.5 Å². The van der Waals surface area contributed by atoms with Gasteiger partial charge in [0.1, 0.15) is 23.0 Å². The van der Waals surface area contributed by atoms with Gasteiger partial charge in [0.25, 0.3) is 0 Å². The van der Waals surface area contributed by atoms with Crippen molar-refractivity contribution in [1.82, 2.24) is 0 Å². The molecule has 0 fully saturated rings. The van der Waals surface area contributed by atoms with Gasteiger partial charge in [-0.1, -0.05) is 74.6 Å². The molecular formula is C43H35FO8. The largest absolute Gasteiger partial charge is 0.423 e. The minimum Gasteiger partial charge on any atom is -0.423 e. The van der Waals surface area contributed by atoms with Gasteiger partial charge in [-0.05, 0) is 85.8 Å². The van der Waals surface area contributed by atoms with Crippen LogP contribution in [-0.2, 0) is 25.6 Å². The Kier molecular flexibility index (Phi) is 13.0. The van der Waals surface area contributed by atoms with Crippen molar-refractivity contribution in [1.29, 1.82) is 0 Å². The molecule has 0 heterocycles. The van der Waals surface area contributed by atoms with Gasteiger partial charge in [-0.25, -0.2) is 19.2 Å². The summed E-state index contributed by atoms with van der Waals surface area (Å²) in [6.45, 7) is 16.5. The van der Waals surface area contributed by atoms with Crippen molar-refractivity contribution >= 4 is 23.9 Å². The van der Waals surface area contributed by atoms with Crippen molar-refractivity contribution in [3.63, 3.8) is 0 Å². The highest BCUT2D eigenvalue weighted by Crippen LogP contribution is 2.44. The predicted molar refractivity (Wildman–Crippen MR) is 197 cm³/mol. The molecule has 0 amide bonds. The first-order valence-electron chi connectivity index (χ1n) is 16.0. The monoisotopic (exact) mass is 698 g/mol. The van der Waals surface area contributed by atoms with Crippen molar-refractivity contribution in [2.45, 2.75) is 26.7 Å². The number of esters is 4. The summed E-state index contributed by atoms with van der Waals surface area (Å²) in [5.41, 5.74) is 3.97. The number of alkyl halides is 1. The Balaban J connectivity index is 1.85. The SMILES string of the molecule is C=CC(=O)Oc1ccc(-c2ccc(C#Cc3cc(OC(=O)C(=C)C)c(-c4ccc(OC(=O)C=C)cc4)c(OC(=O)C(=C)C)c3CCCF)cc2)cc1. The highest BCUT2D eigenvalue weighted by Gasteiger charge is 2.25. The van der Waals surface area contributed by atoms with E-state index in [0.29, 0.717) is 28.0 Å². The topological polar surface area (TPSA) is 105 Å². The molecule has 4 aromatic rings. The van der Waals surface area contributed by atoms with Crippen LogP contribution in [0.25, 0.3) is 22.3 Å². The van der Waals surface area contributed by atoms with E-state index in [0.717, 1.165) is 23.3 Å². The first-order valence-corrected chi connectivity index (χ1v) is 16.0. The Morgan fingerprint density at radius 3 is 1.63 bits per heavy atom. The summed E-state index contributed by atoms with van der Waals surface area (Å²) >= 11 is 0. The van der Waals surface area contributed by atoms with Gasteiger partial charge in [0, 0.05) is 40.0 Å². The lowest BCUT2D eigenvalue weighted by Gasteiger charge is -2.20. The number of carbonyl (C=O) groups is 4. The average molecular weight is 699 g/mol. The zero-order valence-electron chi connectivity index (χ0n) is 28.8. The van der Waals surface area contributed by atoms with Crippen molar-refractivity contribution in [3.05, 3.63) is 145 Å². The van der Waals surface area contributed by atoms with E-state index in [1.54, 1.807) is 24.3 Å². The maximum absolute atomic E-state index is 13.7. The molecule has 0 spiro atoms. The van der Waals surface area contributed by atoms with Gasteiger partial charge in [-0.2, -0.15) is 0 Å². The number of halogens is 1. The molecule has 262 valence electrons. The first-order chi connectivity index (χ1) is 24.9. The normalized spacial score (nSPS) is 10.1. The lowest BCUT2D eigenvalue weighted by Crippen LogP contribution is -2.14. The minimum absolute atomic E-state index is 0.000727. The van der Waals surface area contributed by atoms with Crippen molar-refractivity contribution in [2.75, 3.05) is 6.67 Å². The molecular weight excluding hydrogens is 663 g/mol. The number of carbonyl (C=O) groups excluding carboxylic acids is 4. The van der Waals surface area contributed by atoms with Gasteiger partial charge in [0.05, 0.1) is 12.2 Å². The molecule has 9 heteroatoms. The van der Waals surface area contributed by atoms with Crippen LogP contribution in [0.2, 0.25) is 0 Å². The van der Waals surface area contributed by atoms with Crippen LogP contribution >= 0.6 is 0 Å². The lowest BCUT2D eigenvalue weighted by atomic mass is 9.93. The third-order valence-corrected chi connectivity index (χ3v) is 7.33. The zero-order valence-corrected chi connectivity index (χ0v) is 28.8. The third kappa shape index (κ3) is 9.89. The summed E-state index contributed by atoms with van der Waals surface area (Å²) in [6, 6.07) is 22.1. The second-order valence-electron chi connectivity index (χ2n) is 11.4. The minimum atomic E-state index is -0.760. The van der Waals surface area contributed by atoms with Crippen LogP contribution in [0.4, 0.5) is 4.39 Å². The molecule has 0 saturated carbocycles. The van der Waals surface area contributed by atoms with Gasteiger partial charge in [-0.3, -0.25) is 4.39 Å². The van der Waals surface area contributed by atoms with Crippen LogP contribution in [0.3, 0.4) is 0 Å². The average Bonchev–Trinajstić information content (AvgIpc) is 3.14. The number of hydrogen-bond donors (Lipinski definition) is 0. The van der Waals surface area contributed by atoms with E-state index in [1.165, 1.54) is 32.0 Å². The number of ether oxygens (including phenoxy) is 4. The zero-order chi connectivity index (χ0) is 37.8. The molecule has 0 bridgehead atoms. The molecule has 0 radical (unpaired) electrons. The molecule has 4 rings (SSSR count). The molecule has 0 unspecified atom stereocenters. The molecule has 0 aliphatic heterocycles. The number of benzene rings is 4. The third-order valence-electron chi connectivity index (χ3n) is 7.33. The lowest BCUT2D eigenvalue weighted by molar-refractivity contribution is -0.130. The van der Waals surface area contributed by atoms with Crippen LogP contribution in [0, 0.1) is 11.8 Å². The molecule has 0 saturated heterocycles. The fraction of sp³-hybridized carbons (Fsp3) is 0.116. The van der Waals surface area contributed by atoms with Gasteiger partial charge in [-0.15, -0.1) is 0 Å². The Morgan fingerprint density at radius 2 is 1.15 bits per heavy atom. The van der Waals surface area contributed by atoms with E-state index in [9.17, 15) is 23.6 Å². The fourth-order valence-electron chi connectivity index (χ4n) is 4.72. The van der Waals surface area contributed by atoms with E-state index >= 15 is 0 Å². The Morgan fingerprint density at radius 1 is 0.673 bits per heavy atom. The van der Waals surface area contributed by atoms with Crippen LogP contribution < -0.4 is 18.9 Å². The second kappa shape index (κ2) is 17.7. The number of hydrogen-bond acceptors (Lipinski definition) is 8. The van der Waals surface area contributed by atoms with E-state index < -0.39 is 30.6 Å².